The summed E-state index contributed by atoms with van der Waals surface area (Å²) in [6, 6.07) is 7.82. The minimum absolute atomic E-state index is 0.0125. The van der Waals surface area contributed by atoms with Crippen LogP contribution in [0.1, 0.15) is 17.9 Å². The Bertz CT molecular complexity index is 488. The number of rotatable bonds is 4. The second-order valence-corrected chi connectivity index (χ2v) is 4.99. The number of benzene rings is 1. The Hall–Kier alpha value is -1.19. The van der Waals surface area contributed by atoms with E-state index in [1.807, 2.05) is 24.3 Å². The van der Waals surface area contributed by atoms with Crippen molar-refractivity contribution in [3.05, 3.63) is 40.4 Å². The van der Waals surface area contributed by atoms with Gasteiger partial charge in [-0.25, -0.2) is 0 Å². The molecule has 1 aromatic rings. The lowest BCUT2D eigenvalue weighted by atomic mass is 9.98. The van der Waals surface area contributed by atoms with Gasteiger partial charge in [0.15, 0.2) is 0 Å². The summed E-state index contributed by atoms with van der Waals surface area (Å²) >= 11 is 11.5. The number of carboxylic acids is 1. The lowest BCUT2D eigenvalue weighted by Gasteiger charge is -2.18. The number of halogens is 2. The second-order valence-electron chi connectivity index (χ2n) is 4.29. The summed E-state index contributed by atoms with van der Waals surface area (Å²) < 4.78 is 0. The molecule has 1 heterocycles. The van der Waals surface area contributed by atoms with Crippen LogP contribution >= 0.6 is 23.2 Å². The molecule has 0 bridgehead atoms. The molecule has 0 saturated carbocycles. The van der Waals surface area contributed by atoms with E-state index in [2.05, 4.69) is 4.90 Å². The quantitative estimate of drug-likeness (QED) is 0.922. The summed E-state index contributed by atoms with van der Waals surface area (Å²) in [5.74, 6) is -0.769. The van der Waals surface area contributed by atoms with Gasteiger partial charge in [0.05, 0.1) is 13.0 Å². The maximum absolute atomic E-state index is 10.9. The first-order valence-corrected chi connectivity index (χ1v) is 6.43. The number of carbonyl (C=O) groups is 1. The van der Waals surface area contributed by atoms with Crippen molar-refractivity contribution in [2.24, 2.45) is 0 Å². The number of para-hydroxylation sites is 1. The highest BCUT2D eigenvalue weighted by atomic mass is 35.5. The van der Waals surface area contributed by atoms with Crippen LogP contribution in [0.2, 0.25) is 0 Å². The van der Waals surface area contributed by atoms with Crippen molar-refractivity contribution in [2.45, 2.75) is 12.3 Å². The number of hydrogen-bond donors (Lipinski definition) is 1. The third-order valence-electron chi connectivity index (χ3n) is 3.04. The molecule has 0 aromatic heterocycles. The summed E-state index contributed by atoms with van der Waals surface area (Å²) in [7, 11) is 0. The molecular formula is C13H13Cl2NO2. The van der Waals surface area contributed by atoms with E-state index in [4.69, 9.17) is 28.3 Å². The van der Waals surface area contributed by atoms with Gasteiger partial charge in [0.25, 0.3) is 0 Å². The average Bonchev–Trinajstić information content (AvgIpc) is 2.67. The molecule has 0 fully saturated rings. The smallest absolute Gasteiger partial charge is 0.304 e. The Labute approximate surface area is 116 Å². The zero-order valence-corrected chi connectivity index (χ0v) is 11.2. The first kappa shape index (κ1) is 13.2. The van der Waals surface area contributed by atoms with Gasteiger partial charge >= 0.3 is 5.97 Å². The van der Waals surface area contributed by atoms with Crippen LogP contribution in [0.15, 0.2) is 34.8 Å². The van der Waals surface area contributed by atoms with E-state index in [1.54, 1.807) is 0 Å². The van der Waals surface area contributed by atoms with Crippen molar-refractivity contribution in [1.29, 1.82) is 0 Å². The van der Waals surface area contributed by atoms with Gasteiger partial charge in [0.1, 0.15) is 0 Å². The number of carboxylic acid groups (broad SMARTS) is 1. The van der Waals surface area contributed by atoms with Crippen LogP contribution in [0, 0.1) is 0 Å². The van der Waals surface area contributed by atoms with E-state index in [1.165, 1.54) is 5.54 Å². The van der Waals surface area contributed by atoms with Gasteiger partial charge in [0, 0.05) is 28.7 Å². The molecule has 1 aliphatic rings. The van der Waals surface area contributed by atoms with E-state index in [0.29, 0.717) is 18.1 Å². The SMILES string of the molecule is O=C(O)CC1CN(C/C(Cl)=C/Cl)c2ccccc21. The third kappa shape index (κ3) is 2.79. The highest BCUT2D eigenvalue weighted by Gasteiger charge is 2.29. The van der Waals surface area contributed by atoms with Gasteiger partial charge in [-0.3, -0.25) is 4.79 Å². The van der Waals surface area contributed by atoms with E-state index in [9.17, 15) is 4.79 Å². The van der Waals surface area contributed by atoms with Crippen molar-refractivity contribution in [3.8, 4) is 0 Å². The Morgan fingerprint density at radius 1 is 1.50 bits per heavy atom. The zero-order chi connectivity index (χ0) is 13.1. The van der Waals surface area contributed by atoms with E-state index in [0.717, 1.165) is 11.3 Å². The Kier molecular flexibility index (Phi) is 4.15. The Balaban J connectivity index is 2.24. The zero-order valence-electron chi connectivity index (χ0n) is 9.64. The van der Waals surface area contributed by atoms with Gasteiger partial charge in [0.2, 0.25) is 0 Å². The summed E-state index contributed by atoms with van der Waals surface area (Å²) in [5, 5.41) is 9.48. The normalized spacial score (nSPS) is 18.9. The van der Waals surface area contributed by atoms with E-state index in [-0.39, 0.29) is 12.3 Å². The first-order chi connectivity index (χ1) is 8.61. The molecule has 1 aromatic carbocycles. The van der Waals surface area contributed by atoms with E-state index < -0.39 is 5.97 Å². The molecule has 1 unspecified atom stereocenters. The monoisotopic (exact) mass is 285 g/mol. The molecule has 0 spiro atoms. The number of nitrogens with zero attached hydrogens (tertiary/aromatic N) is 1. The fourth-order valence-electron chi connectivity index (χ4n) is 2.34. The predicted octanol–water partition coefficient (Wildman–Crippen LogP) is 3.38. The maximum atomic E-state index is 10.9. The number of fused-ring (bicyclic) bond motifs is 1. The molecule has 1 atom stereocenters. The molecule has 1 aliphatic heterocycles. The highest BCUT2D eigenvalue weighted by molar-refractivity contribution is 6.36. The summed E-state index contributed by atoms with van der Waals surface area (Å²) in [6.45, 7) is 1.17. The molecule has 18 heavy (non-hydrogen) atoms. The second kappa shape index (κ2) is 5.63. The Morgan fingerprint density at radius 3 is 2.89 bits per heavy atom. The molecule has 96 valence electrons. The fourth-order valence-corrected chi connectivity index (χ4v) is 2.55. The van der Waals surface area contributed by atoms with Crippen LogP contribution in [0.4, 0.5) is 5.69 Å². The van der Waals surface area contributed by atoms with Crippen LogP contribution in [0.3, 0.4) is 0 Å². The lowest BCUT2D eigenvalue weighted by Crippen LogP contribution is -2.24. The molecule has 0 amide bonds. The van der Waals surface area contributed by atoms with Crippen LogP contribution in [0.5, 0.6) is 0 Å². The molecule has 0 aliphatic carbocycles. The minimum atomic E-state index is -0.782. The number of anilines is 1. The van der Waals surface area contributed by atoms with Crippen molar-refractivity contribution >= 4 is 34.9 Å². The predicted molar refractivity (Wildman–Crippen MR) is 73.4 cm³/mol. The van der Waals surface area contributed by atoms with Crippen LogP contribution in [0.25, 0.3) is 0 Å². The average molecular weight is 286 g/mol. The van der Waals surface area contributed by atoms with E-state index >= 15 is 0 Å². The Morgan fingerprint density at radius 2 is 2.22 bits per heavy atom. The topological polar surface area (TPSA) is 40.5 Å². The standard InChI is InChI=1S/C13H13Cl2NO2/c14-6-10(15)8-16-7-9(5-13(17)18)11-3-1-2-4-12(11)16/h1-4,6,9H,5,7-8H2,(H,17,18)/b10-6-. The summed E-state index contributed by atoms with van der Waals surface area (Å²) in [5.41, 5.74) is 3.45. The largest absolute Gasteiger partial charge is 0.481 e. The molecule has 0 saturated heterocycles. The molecular weight excluding hydrogens is 273 g/mol. The summed E-state index contributed by atoms with van der Waals surface area (Å²) in [4.78, 5) is 12.9. The van der Waals surface area contributed by atoms with Gasteiger partial charge in [-0.15, -0.1) is 0 Å². The van der Waals surface area contributed by atoms with Gasteiger partial charge in [-0.1, -0.05) is 41.4 Å². The van der Waals surface area contributed by atoms with Crippen molar-refractivity contribution in [2.75, 3.05) is 18.0 Å². The van der Waals surface area contributed by atoms with Crippen molar-refractivity contribution in [1.82, 2.24) is 0 Å². The fraction of sp³-hybridized carbons (Fsp3) is 0.308. The first-order valence-electron chi connectivity index (χ1n) is 5.62. The lowest BCUT2D eigenvalue weighted by molar-refractivity contribution is -0.137. The van der Waals surface area contributed by atoms with Gasteiger partial charge in [-0.2, -0.15) is 0 Å². The van der Waals surface area contributed by atoms with Gasteiger partial charge < -0.3 is 10.0 Å². The highest BCUT2D eigenvalue weighted by Crippen LogP contribution is 2.38. The number of hydrogen-bond acceptors (Lipinski definition) is 2. The number of aliphatic carboxylic acids is 1. The maximum Gasteiger partial charge on any atom is 0.304 e. The van der Waals surface area contributed by atoms with Crippen molar-refractivity contribution in [3.63, 3.8) is 0 Å². The minimum Gasteiger partial charge on any atom is -0.481 e. The van der Waals surface area contributed by atoms with Gasteiger partial charge in [-0.05, 0) is 11.6 Å². The summed E-state index contributed by atoms with van der Waals surface area (Å²) in [6.07, 6.45) is 0.135. The molecule has 2 rings (SSSR count). The molecule has 0 radical (unpaired) electrons. The van der Waals surface area contributed by atoms with Crippen LogP contribution in [-0.2, 0) is 4.79 Å². The van der Waals surface area contributed by atoms with Crippen molar-refractivity contribution < 1.29 is 9.90 Å². The third-order valence-corrected chi connectivity index (χ3v) is 3.64. The van der Waals surface area contributed by atoms with Crippen LogP contribution < -0.4 is 4.90 Å². The molecule has 5 heteroatoms. The van der Waals surface area contributed by atoms with Crippen LogP contribution in [-0.4, -0.2) is 24.2 Å². The molecule has 1 N–H and O–H groups in total. The molecule has 3 nitrogen and oxygen atoms in total.